The van der Waals surface area contributed by atoms with E-state index in [0.29, 0.717) is 5.02 Å². The average Bonchev–Trinajstić information content (AvgIpc) is 2.79. The summed E-state index contributed by atoms with van der Waals surface area (Å²) in [5.74, 6) is 0.957. The largest absolute Gasteiger partial charge is 0.496 e. The first-order chi connectivity index (χ1) is 10.1. The number of rotatable bonds is 4. The first-order valence-electron chi connectivity index (χ1n) is 7.81. The van der Waals surface area contributed by atoms with Gasteiger partial charge >= 0.3 is 0 Å². The van der Waals surface area contributed by atoms with E-state index in [4.69, 9.17) is 16.3 Å². The van der Waals surface area contributed by atoms with Crippen molar-refractivity contribution < 1.29 is 9.53 Å². The van der Waals surface area contributed by atoms with Crippen LogP contribution in [0, 0.1) is 11.3 Å². The van der Waals surface area contributed by atoms with Crippen LogP contribution in [0.2, 0.25) is 5.02 Å². The summed E-state index contributed by atoms with van der Waals surface area (Å²) in [4.78, 5) is 12.6. The van der Waals surface area contributed by atoms with Crippen molar-refractivity contribution in [2.45, 2.75) is 52.5 Å². The van der Waals surface area contributed by atoms with Gasteiger partial charge in [-0.25, -0.2) is 0 Å². The number of carbonyl (C=O) groups is 1. The molecular formula is C18H26ClNO2. The molecule has 1 saturated carbocycles. The van der Waals surface area contributed by atoms with E-state index in [1.54, 1.807) is 13.2 Å². The molecule has 0 aromatic heterocycles. The van der Waals surface area contributed by atoms with Crippen LogP contribution in [0.25, 0.3) is 0 Å². The molecule has 2 rings (SSSR count). The summed E-state index contributed by atoms with van der Waals surface area (Å²) in [7, 11) is 1.63. The summed E-state index contributed by atoms with van der Waals surface area (Å²) in [6.07, 6.45) is 3.01. The molecule has 1 N–H and O–H groups in total. The van der Waals surface area contributed by atoms with Crippen molar-refractivity contribution in [1.29, 1.82) is 0 Å². The molecule has 1 unspecified atom stereocenters. The highest BCUT2D eigenvalue weighted by molar-refractivity contribution is 6.30. The molecule has 0 heterocycles. The minimum absolute atomic E-state index is 0.0967. The third-order valence-corrected chi connectivity index (χ3v) is 4.85. The fourth-order valence-corrected chi connectivity index (χ4v) is 3.48. The Balaban J connectivity index is 2.17. The fraction of sp³-hybridized carbons (Fsp3) is 0.611. The van der Waals surface area contributed by atoms with Crippen molar-refractivity contribution in [3.05, 3.63) is 28.8 Å². The molecule has 1 fully saturated rings. The van der Waals surface area contributed by atoms with E-state index < -0.39 is 5.54 Å². The molecule has 1 aromatic carbocycles. The lowest BCUT2D eigenvalue weighted by Gasteiger charge is -2.30. The van der Waals surface area contributed by atoms with E-state index in [1.165, 1.54) is 0 Å². The van der Waals surface area contributed by atoms with E-state index in [2.05, 4.69) is 19.2 Å². The summed E-state index contributed by atoms with van der Waals surface area (Å²) in [5, 5.41) is 3.82. The molecule has 1 amide bonds. The normalized spacial score (nSPS) is 20.7. The molecule has 1 aliphatic rings. The van der Waals surface area contributed by atoms with Crippen LogP contribution in [-0.4, -0.2) is 13.0 Å². The zero-order valence-corrected chi connectivity index (χ0v) is 14.9. The summed E-state index contributed by atoms with van der Waals surface area (Å²) >= 11 is 6.11. The highest BCUT2D eigenvalue weighted by atomic mass is 35.5. The maximum absolute atomic E-state index is 12.6. The van der Waals surface area contributed by atoms with Crippen molar-refractivity contribution in [2.75, 3.05) is 7.11 Å². The lowest BCUT2D eigenvalue weighted by molar-refractivity contribution is -0.126. The second-order valence-electron chi connectivity index (χ2n) is 7.56. The molecule has 0 saturated heterocycles. The van der Waals surface area contributed by atoms with Crippen LogP contribution in [0.1, 0.15) is 52.5 Å². The van der Waals surface area contributed by atoms with E-state index >= 15 is 0 Å². The number of carbonyl (C=O) groups excluding carboxylic acids is 1. The molecule has 0 radical (unpaired) electrons. The van der Waals surface area contributed by atoms with Crippen LogP contribution in [-0.2, 0) is 10.3 Å². The molecule has 1 atom stereocenters. The second-order valence-corrected chi connectivity index (χ2v) is 8.00. The molecule has 1 aromatic rings. The van der Waals surface area contributed by atoms with Gasteiger partial charge in [0.2, 0.25) is 5.91 Å². The smallest absolute Gasteiger partial charge is 0.223 e. The van der Waals surface area contributed by atoms with Crippen LogP contribution < -0.4 is 10.1 Å². The third kappa shape index (κ3) is 3.75. The Hall–Kier alpha value is -1.22. The van der Waals surface area contributed by atoms with Gasteiger partial charge in [0.25, 0.3) is 0 Å². The summed E-state index contributed by atoms with van der Waals surface area (Å²) in [6, 6.07) is 5.49. The lowest BCUT2D eigenvalue weighted by Crippen LogP contribution is -2.44. The van der Waals surface area contributed by atoms with Gasteiger partial charge in [-0.3, -0.25) is 4.79 Å². The van der Waals surface area contributed by atoms with Crippen LogP contribution >= 0.6 is 11.6 Å². The average molecular weight is 324 g/mol. The minimum Gasteiger partial charge on any atom is -0.496 e. The Morgan fingerprint density at radius 3 is 2.64 bits per heavy atom. The summed E-state index contributed by atoms with van der Waals surface area (Å²) < 4.78 is 5.42. The SMILES string of the molecule is COc1ccc(Cl)cc1C(C)(C)NC(=O)C1CCC(C)(C)C1. The number of amides is 1. The molecular weight excluding hydrogens is 298 g/mol. The molecule has 122 valence electrons. The topological polar surface area (TPSA) is 38.3 Å². The number of halogens is 1. The fourth-order valence-electron chi connectivity index (χ4n) is 3.31. The number of methoxy groups -OCH3 is 1. The Morgan fingerprint density at radius 2 is 2.09 bits per heavy atom. The van der Waals surface area contributed by atoms with Crippen molar-refractivity contribution in [2.24, 2.45) is 11.3 Å². The van der Waals surface area contributed by atoms with Gasteiger partial charge in [0, 0.05) is 16.5 Å². The highest BCUT2D eigenvalue weighted by Gasteiger charge is 2.37. The van der Waals surface area contributed by atoms with Crippen LogP contribution in [0.3, 0.4) is 0 Å². The number of hydrogen-bond donors (Lipinski definition) is 1. The summed E-state index contributed by atoms with van der Waals surface area (Å²) in [5.41, 5.74) is 0.632. The van der Waals surface area contributed by atoms with E-state index in [0.717, 1.165) is 30.6 Å². The predicted octanol–water partition coefficient (Wildman–Crippen LogP) is 4.53. The van der Waals surface area contributed by atoms with Crippen LogP contribution in [0.5, 0.6) is 5.75 Å². The first kappa shape index (κ1) is 17.1. The molecule has 0 aliphatic heterocycles. The molecule has 4 heteroatoms. The minimum atomic E-state index is -0.528. The maximum atomic E-state index is 12.6. The third-order valence-electron chi connectivity index (χ3n) is 4.61. The van der Waals surface area contributed by atoms with Gasteiger partial charge in [0.15, 0.2) is 0 Å². The standard InChI is InChI=1S/C18H26ClNO2/c1-17(2)9-8-12(11-17)16(21)20-18(3,4)14-10-13(19)6-7-15(14)22-5/h6-7,10,12H,8-9,11H2,1-5H3,(H,20,21). The zero-order chi connectivity index (χ0) is 16.5. The van der Waals surface area contributed by atoms with Gasteiger partial charge in [-0.15, -0.1) is 0 Å². The van der Waals surface area contributed by atoms with E-state index in [1.807, 2.05) is 26.0 Å². The number of hydrogen-bond acceptors (Lipinski definition) is 2. The molecule has 1 aliphatic carbocycles. The zero-order valence-electron chi connectivity index (χ0n) is 14.1. The quantitative estimate of drug-likeness (QED) is 0.884. The van der Waals surface area contributed by atoms with E-state index in [-0.39, 0.29) is 17.2 Å². The van der Waals surface area contributed by atoms with Crippen molar-refractivity contribution in [1.82, 2.24) is 5.32 Å². The second kappa shape index (κ2) is 6.11. The van der Waals surface area contributed by atoms with Crippen molar-refractivity contribution in [3.63, 3.8) is 0 Å². The monoisotopic (exact) mass is 323 g/mol. The predicted molar refractivity (Wildman–Crippen MR) is 90.3 cm³/mol. The summed E-state index contributed by atoms with van der Waals surface area (Å²) in [6.45, 7) is 8.43. The maximum Gasteiger partial charge on any atom is 0.223 e. The van der Waals surface area contributed by atoms with Crippen LogP contribution in [0.4, 0.5) is 0 Å². The van der Waals surface area contributed by atoms with Gasteiger partial charge in [0.05, 0.1) is 12.6 Å². The Morgan fingerprint density at radius 1 is 1.41 bits per heavy atom. The molecule has 0 spiro atoms. The molecule has 22 heavy (non-hydrogen) atoms. The Bertz CT molecular complexity index is 566. The lowest BCUT2D eigenvalue weighted by atomic mass is 9.89. The first-order valence-corrected chi connectivity index (χ1v) is 8.18. The van der Waals surface area contributed by atoms with Gasteiger partial charge < -0.3 is 10.1 Å². The van der Waals surface area contributed by atoms with Crippen LogP contribution in [0.15, 0.2) is 18.2 Å². The van der Waals surface area contributed by atoms with Crippen molar-refractivity contribution >= 4 is 17.5 Å². The van der Waals surface area contributed by atoms with Gasteiger partial charge in [0.1, 0.15) is 5.75 Å². The van der Waals surface area contributed by atoms with Gasteiger partial charge in [-0.1, -0.05) is 25.4 Å². The highest BCUT2D eigenvalue weighted by Crippen LogP contribution is 2.41. The van der Waals surface area contributed by atoms with Gasteiger partial charge in [-0.2, -0.15) is 0 Å². The number of nitrogens with one attached hydrogen (secondary N) is 1. The number of ether oxygens (including phenoxy) is 1. The van der Waals surface area contributed by atoms with Crippen molar-refractivity contribution in [3.8, 4) is 5.75 Å². The molecule has 3 nitrogen and oxygen atoms in total. The number of benzene rings is 1. The molecule has 0 bridgehead atoms. The van der Waals surface area contributed by atoms with E-state index in [9.17, 15) is 4.79 Å². The Labute approximate surface area is 138 Å². The van der Waals surface area contributed by atoms with Gasteiger partial charge in [-0.05, 0) is 56.7 Å². The Kier molecular flexibility index (Phi) is 4.76.